The van der Waals surface area contributed by atoms with Gasteiger partial charge in [-0.3, -0.25) is 4.79 Å². The molecule has 0 aromatic carbocycles. The summed E-state index contributed by atoms with van der Waals surface area (Å²) in [5, 5.41) is 21.0. The molecule has 1 amide bonds. The van der Waals surface area contributed by atoms with Crippen LogP contribution in [-0.2, 0) is 18.9 Å². The van der Waals surface area contributed by atoms with Crippen molar-refractivity contribution in [1.29, 1.82) is 0 Å². The van der Waals surface area contributed by atoms with E-state index >= 15 is 0 Å². The lowest BCUT2D eigenvalue weighted by Crippen LogP contribution is -2.40. The highest BCUT2D eigenvalue weighted by Gasteiger charge is 2.26. The van der Waals surface area contributed by atoms with E-state index in [2.05, 4.69) is 0 Å². The first-order valence-electron chi connectivity index (χ1n) is 5.69. The van der Waals surface area contributed by atoms with Crippen LogP contribution in [0.2, 0.25) is 0 Å². The van der Waals surface area contributed by atoms with Crippen molar-refractivity contribution in [2.45, 2.75) is 19.3 Å². The van der Waals surface area contributed by atoms with Crippen molar-refractivity contribution in [3.8, 4) is 0 Å². The number of likely N-dealkylation sites (tertiary alicyclic amines) is 1. The van der Waals surface area contributed by atoms with Crippen molar-refractivity contribution in [2.75, 3.05) is 19.0 Å². The lowest BCUT2D eigenvalue weighted by molar-refractivity contribution is -0.320. The molecule has 2 atom stereocenters. The Labute approximate surface area is 109 Å². The second-order valence-corrected chi connectivity index (χ2v) is 6.77. The quantitative estimate of drug-likeness (QED) is 0.447. The minimum absolute atomic E-state index is 0.267. The highest BCUT2D eigenvalue weighted by Crippen LogP contribution is 2.40. The molecular weight excluding hydrogens is 277 g/mol. The molecule has 0 radical (unpaired) electrons. The molecule has 8 nitrogen and oxygen atoms in total. The van der Waals surface area contributed by atoms with Gasteiger partial charge in [0.25, 0.3) is 0 Å². The molecule has 1 fully saturated rings. The predicted molar refractivity (Wildman–Crippen MR) is 56.4 cm³/mol. The summed E-state index contributed by atoms with van der Waals surface area (Å²) < 4.78 is 11.8. The molecule has 1 rings (SSSR count). The Morgan fingerprint density at radius 3 is 2.42 bits per heavy atom. The second kappa shape index (κ2) is 6.16. The standard InChI is InChI=1S/C10H16NO7P/c12-8-2-1-3-11(8)6-19(17,18)5-7(10(15)16)4-9(13)14/h7H,1-6H2,(H,13,14)(H,15,16)(H,17,18)/p-3. The third kappa shape index (κ3) is 5.00. The third-order valence-electron chi connectivity index (χ3n) is 2.80. The van der Waals surface area contributed by atoms with E-state index in [0.29, 0.717) is 13.0 Å². The lowest BCUT2D eigenvalue weighted by Gasteiger charge is -2.32. The molecule has 0 N–H and O–H groups in total. The largest absolute Gasteiger partial charge is 0.798 e. The summed E-state index contributed by atoms with van der Waals surface area (Å²) in [6.07, 6.45) is -1.52. The van der Waals surface area contributed by atoms with Gasteiger partial charge in [0.1, 0.15) is 0 Å². The van der Waals surface area contributed by atoms with Crippen LogP contribution >= 0.6 is 7.37 Å². The van der Waals surface area contributed by atoms with Crippen LogP contribution in [0.3, 0.4) is 0 Å². The lowest BCUT2D eigenvalue weighted by atomic mass is 10.1. The summed E-state index contributed by atoms with van der Waals surface area (Å²) in [5.41, 5.74) is 0. The van der Waals surface area contributed by atoms with Gasteiger partial charge in [0.15, 0.2) is 0 Å². The summed E-state index contributed by atoms with van der Waals surface area (Å²) in [7, 11) is -4.20. The van der Waals surface area contributed by atoms with Crippen LogP contribution in [0.25, 0.3) is 0 Å². The van der Waals surface area contributed by atoms with Crippen LogP contribution in [0, 0.1) is 5.92 Å². The van der Waals surface area contributed by atoms with Crippen molar-refractivity contribution < 1.29 is 34.1 Å². The van der Waals surface area contributed by atoms with E-state index in [1.807, 2.05) is 0 Å². The molecule has 1 aliphatic heterocycles. The first kappa shape index (κ1) is 15.7. The number of hydrogen-bond acceptors (Lipinski definition) is 7. The SMILES string of the molecule is O=C([O-])CC(CP(=O)([O-])CN1CCCC1=O)C(=O)[O-]. The fourth-order valence-electron chi connectivity index (χ4n) is 1.93. The fraction of sp³-hybridized carbons (Fsp3) is 0.700. The summed E-state index contributed by atoms with van der Waals surface area (Å²) >= 11 is 0. The normalized spacial score (nSPS) is 20.1. The van der Waals surface area contributed by atoms with Gasteiger partial charge < -0.3 is 34.2 Å². The van der Waals surface area contributed by atoms with Gasteiger partial charge >= 0.3 is 0 Å². The number of carbonyl (C=O) groups excluding carboxylic acids is 3. The number of carboxylic acid groups (broad SMARTS) is 2. The first-order chi connectivity index (χ1) is 8.71. The Kier molecular flexibility index (Phi) is 5.08. The highest BCUT2D eigenvalue weighted by molar-refractivity contribution is 7.56. The average molecular weight is 290 g/mol. The molecule has 1 saturated heterocycles. The minimum Gasteiger partial charge on any atom is -0.798 e. The van der Waals surface area contributed by atoms with E-state index in [0.717, 1.165) is 4.90 Å². The zero-order chi connectivity index (χ0) is 14.6. The molecule has 108 valence electrons. The van der Waals surface area contributed by atoms with E-state index in [4.69, 9.17) is 0 Å². The van der Waals surface area contributed by atoms with E-state index in [1.165, 1.54) is 0 Å². The van der Waals surface area contributed by atoms with Crippen LogP contribution < -0.4 is 15.1 Å². The summed E-state index contributed by atoms with van der Waals surface area (Å²) in [6, 6.07) is 0. The number of hydrogen-bond donors (Lipinski definition) is 0. The highest BCUT2D eigenvalue weighted by atomic mass is 31.2. The number of rotatable bonds is 7. The molecule has 0 aliphatic carbocycles. The maximum absolute atomic E-state index is 11.8. The summed E-state index contributed by atoms with van der Waals surface area (Å²) in [5.74, 6) is -5.38. The van der Waals surface area contributed by atoms with Gasteiger partial charge in [0, 0.05) is 38.2 Å². The number of nitrogens with zero attached hydrogens (tertiary/aromatic N) is 1. The van der Waals surface area contributed by atoms with E-state index in [-0.39, 0.29) is 12.3 Å². The molecule has 1 aliphatic rings. The third-order valence-corrected chi connectivity index (χ3v) is 4.57. The minimum atomic E-state index is -4.20. The Bertz CT molecular complexity index is 436. The molecule has 0 aromatic heterocycles. The average Bonchev–Trinajstić information content (AvgIpc) is 2.61. The Morgan fingerprint density at radius 1 is 1.37 bits per heavy atom. The maximum atomic E-state index is 11.8. The van der Waals surface area contributed by atoms with Crippen LogP contribution in [0.15, 0.2) is 0 Å². The van der Waals surface area contributed by atoms with Gasteiger partial charge in [0.05, 0.1) is 6.29 Å². The molecule has 0 spiro atoms. The smallest absolute Gasteiger partial charge is 0.223 e. The van der Waals surface area contributed by atoms with Crippen LogP contribution in [0.4, 0.5) is 0 Å². The second-order valence-electron chi connectivity index (χ2n) is 4.49. The first-order valence-corrected chi connectivity index (χ1v) is 7.68. The molecule has 0 aromatic rings. The Hall–Kier alpha value is -1.40. The van der Waals surface area contributed by atoms with Gasteiger partial charge in [-0.2, -0.15) is 0 Å². The van der Waals surface area contributed by atoms with Gasteiger partial charge in [-0.05, 0) is 19.0 Å². The van der Waals surface area contributed by atoms with Crippen molar-refractivity contribution >= 4 is 25.2 Å². The van der Waals surface area contributed by atoms with E-state index in [9.17, 15) is 34.1 Å². The fourth-order valence-corrected chi connectivity index (χ4v) is 3.82. The summed E-state index contributed by atoms with van der Waals surface area (Å²) in [6.45, 7) is 0.307. The number of carbonyl (C=O) groups is 3. The van der Waals surface area contributed by atoms with E-state index < -0.39 is 44.1 Å². The number of amides is 1. The van der Waals surface area contributed by atoms with Crippen LogP contribution in [-0.4, -0.2) is 41.7 Å². The molecule has 0 bridgehead atoms. The topological polar surface area (TPSA) is 141 Å². The Balaban J connectivity index is 2.65. The number of aliphatic carboxylic acids is 2. The Morgan fingerprint density at radius 2 is 2.00 bits per heavy atom. The molecule has 9 heteroatoms. The molecular formula is C10H13NO7P-3. The maximum Gasteiger partial charge on any atom is 0.223 e. The van der Waals surface area contributed by atoms with Crippen LogP contribution in [0.1, 0.15) is 19.3 Å². The monoisotopic (exact) mass is 290 g/mol. The van der Waals surface area contributed by atoms with Crippen molar-refractivity contribution in [1.82, 2.24) is 4.90 Å². The predicted octanol–water partition coefficient (Wildman–Crippen LogP) is -3.29. The van der Waals surface area contributed by atoms with Crippen molar-refractivity contribution in [3.63, 3.8) is 0 Å². The van der Waals surface area contributed by atoms with Gasteiger partial charge in [-0.1, -0.05) is 0 Å². The number of carboxylic acids is 2. The molecule has 1 heterocycles. The zero-order valence-electron chi connectivity index (χ0n) is 10.1. The van der Waals surface area contributed by atoms with Gasteiger partial charge in [0.2, 0.25) is 5.91 Å². The van der Waals surface area contributed by atoms with Gasteiger partial charge in [-0.25, -0.2) is 0 Å². The van der Waals surface area contributed by atoms with E-state index in [1.54, 1.807) is 0 Å². The zero-order valence-corrected chi connectivity index (χ0v) is 11.0. The van der Waals surface area contributed by atoms with Gasteiger partial charge in [-0.15, -0.1) is 0 Å². The van der Waals surface area contributed by atoms with Crippen LogP contribution in [0.5, 0.6) is 0 Å². The molecule has 19 heavy (non-hydrogen) atoms. The van der Waals surface area contributed by atoms with Crippen molar-refractivity contribution in [3.05, 3.63) is 0 Å². The van der Waals surface area contributed by atoms with Crippen molar-refractivity contribution in [2.24, 2.45) is 5.92 Å². The molecule has 0 saturated carbocycles. The molecule has 2 unspecified atom stereocenters. The summed E-state index contributed by atoms with van der Waals surface area (Å²) in [4.78, 5) is 45.2.